The summed E-state index contributed by atoms with van der Waals surface area (Å²) < 4.78 is 60.1. The zero-order valence-corrected chi connectivity index (χ0v) is 10.5. The van der Waals surface area contributed by atoms with E-state index in [2.05, 4.69) is 5.32 Å². The van der Waals surface area contributed by atoms with Crippen LogP contribution in [0, 0.1) is 0 Å². The van der Waals surface area contributed by atoms with Crippen molar-refractivity contribution in [2.24, 2.45) is 0 Å². The third-order valence-electron chi connectivity index (χ3n) is 2.86. The molecule has 0 radical (unpaired) electrons. The summed E-state index contributed by atoms with van der Waals surface area (Å²) >= 11 is 0. The number of alkyl halides is 3. The zero-order valence-electron chi connectivity index (χ0n) is 9.68. The normalized spacial score (nSPS) is 26.3. The highest BCUT2D eigenvalue weighted by molar-refractivity contribution is 7.91. The second kappa shape index (κ2) is 4.68. The smallest absolute Gasteiger partial charge is 0.390 e. The molecule has 0 saturated carbocycles. The number of rotatable bonds is 2. The van der Waals surface area contributed by atoms with Crippen LogP contribution in [0.1, 0.15) is 5.56 Å². The molecule has 8 heteroatoms. The standard InChI is InChI=1S/C11H12F3NO3S/c12-11(13,14)7-2-1-3-8(4-7)15-9-5-19(17,18)6-10(9)16/h1-4,9-10,15-16H,5-6H2/t9-,10-/m1/s1. The molecule has 2 N–H and O–H groups in total. The van der Waals surface area contributed by atoms with Crippen LogP contribution < -0.4 is 5.32 Å². The summed E-state index contributed by atoms with van der Waals surface area (Å²) in [4.78, 5) is 0. The number of hydrogen-bond donors (Lipinski definition) is 2. The number of halogens is 3. The molecule has 4 nitrogen and oxygen atoms in total. The van der Waals surface area contributed by atoms with Crippen molar-refractivity contribution in [3.05, 3.63) is 29.8 Å². The van der Waals surface area contributed by atoms with E-state index >= 15 is 0 Å². The molecule has 1 aromatic carbocycles. The fraction of sp³-hybridized carbons (Fsp3) is 0.455. The summed E-state index contributed by atoms with van der Waals surface area (Å²) in [5.41, 5.74) is -0.691. The Hall–Kier alpha value is -1.28. The Morgan fingerprint density at radius 1 is 1.26 bits per heavy atom. The average molecular weight is 295 g/mol. The van der Waals surface area contributed by atoms with Gasteiger partial charge in [0.25, 0.3) is 0 Å². The lowest BCUT2D eigenvalue weighted by molar-refractivity contribution is -0.137. The number of aliphatic hydroxyl groups is 1. The summed E-state index contributed by atoms with van der Waals surface area (Å²) in [5, 5.41) is 12.2. The summed E-state index contributed by atoms with van der Waals surface area (Å²) in [7, 11) is -3.34. The molecule has 2 rings (SSSR count). The molecule has 0 spiro atoms. The molecule has 0 amide bonds. The van der Waals surface area contributed by atoms with Crippen LogP contribution >= 0.6 is 0 Å². The Morgan fingerprint density at radius 3 is 2.47 bits per heavy atom. The molecule has 1 heterocycles. The van der Waals surface area contributed by atoms with Gasteiger partial charge in [0.1, 0.15) is 0 Å². The number of nitrogens with one attached hydrogen (secondary N) is 1. The number of hydrogen-bond acceptors (Lipinski definition) is 4. The minimum Gasteiger partial charge on any atom is -0.390 e. The minimum absolute atomic E-state index is 0.135. The quantitative estimate of drug-likeness (QED) is 0.862. The SMILES string of the molecule is O=S1(=O)C[C@@H](O)[C@H](Nc2cccc(C(F)(F)F)c2)C1. The molecule has 1 aliphatic heterocycles. The second-order valence-corrected chi connectivity index (χ2v) is 6.63. The predicted molar refractivity (Wildman–Crippen MR) is 63.5 cm³/mol. The number of benzene rings is 1. The van der Waals surface area contributed by atoms with E-state index in [1.165, 1.54) is 12.1 Å². The molecule has 1 saturated heterocycles. The topological polar surface area (TPSA) is 66.4 Å². The van der Waals surface area contributed by atoms with Crippen LogP contribution in [0.5, 0.6) is 0 Å². The maximum atomic E-state index is 12.5. The Morgan fingerprint density at radius 2 is 1.95 bits per heavy atom. The Kier molecular flexibility index (Phi) is 3.48. The van der Waals surface area contributed by atoms with Gasteiger partial charge in [0.05, 0.1) is 29.2 Å². The molecule has 0 aromatic heterocycles. The lowest BCUT2D eigenvalue weighted by atomic mass is 10.1. The van der Waals surface area contributed by atoms with Gasteiger partial charge in [-0.1, -0.05) is 6.07 Å². The number of aliphatic hydroxyl groups excluding tert-OH is 1. The second-order valence-electron chi connectivity index (χ2n) is 4.47. The average Bonchev–Trinajstić information content (AvgIpc) is 2.51. The summed E-state index contributed by atoms with van der Waals surface area (Å²) in [5.74, 6) is -0.659. The zero-order chi connectivity index (χ0) is 14.3. The lowest BCUT2D eigenvalue weighted by Crippen LogP contribution is -2.31. The fourth-order valence-corrected chi connectivity index (χ4v) is 3.71. The van der Waals surface area contributed by atoms with E-state index in [1.807, 2.05) is 0 Å². The van der Waals surface area contributed by atoms with Crippen molar-refractivity contribution >= 4 is 15.5 Å². The largest absolute Gasteiger partial charge is 0.416 e. The van der Waals surface area contributed by atoms with Crippen molar-refractivity contribution in [2.75, 3.05) is 16.8 Å². The van der Waals surface area contributed by atoms with Crippen LogP contribution in [-0.4, -0.2) is 37.2 Å². The molecular formula is C11H12F3NO3S. The van der Waals surface area contributed by atoms with Crippen molar-refractivity contribution < 1.29 is 26.7 Å². The van der Waals surface area contributed by atoms with E-state index in [-0.39, 0.29) is 17.2 Å². The van der Waals surface area contributed by atoms with Crippen LogP contribution in [0.4, 0.5) is 18.9 Å². The molecule has 1 fully saturated rings. The number of sulfone groups is 1. The lowest BCUT2D eigenvalue weighted by Gasteiger charge is -2.17. The van der Waals surface area contributed by atoms with E-state index in [0.717, 1.165) is 12.1 Å². The molecule has 1 aliphatic rings. The third-order valence-corrected chi connectivity index (χ3v) is 4.58. The van der Waals surface area contributed by atoms with Crippen LogP contribution in [-0.2, 0) is 16.0 Å². The van der Waals surface area contributed by atoms with Gasteiger partial charge in [-0.3, -0.25) is 0 Å². The highest BCUT2D eigenvalue weighted by atomic mass is 32.2. The van der Waals surface area contributed by atoms with Gasteiger partial charge in [0, 0.05) is 5.69 Å². The molecule has 2 atom stereocenters. The molecule has 19 heavy (non-hydrogen) atoms. The molecule has 0 aliphatic carbocycles. The van der Waals surface area contributed by atoms with Crippen LogP contribution in [0.2, 0.25) is 0 Å². The van der Waals surface area contributed by atoms with E-state index in [0.29, 0.717) is 0 Å². The Balaban J connectivity index is 2.16. The van der Waals surface area contributed by atoms with E-state index in [9.17, 15) is 26.7 Å². The van der Waals surface area contributed by atoms with Crippen molar-refractivity contribution in [3.63, 3.8) is 0 Å². The monoisotopic (exact) mass is 295 g/mol. The summed E-state index contributed by atoms with van der Waals surface area (Å²) in [6.07, 6.45) is -5.57. The molecule has 0 unspecified atom stereocenters. The first kappa shape index (κ1) is 14.1. The first-order chi connectivity index (χ1) is 8.67. The first-order valence-electron chi connectivity index (χ1n) is 5.50. The van der Waals surface area contributed by atoms with E-state index < -0.39 is 33.7 Å². The van der Waals surface area contributed by atoms with Crippen molar-refractivity contribution in [3.8, 4) is 0 Å². The Bertz CT molecular complexity index is 571. The van der Waals surface area contributed by atoms with Gasteiger partial charge in [-0.2, -0.15) is 13.2 Å². The third kappa shape index (κ3) is 3.38. The van der Waals surface area contributed by atoms with Crippen LogP contribution in [0.25, 0.3) is 0 Å². The highest BCUT2D eigenvalue weighted by Gasteiger charge is 2.37. The van der Waals surface area contributed by atoms with Gasteiger partial charge in [-0.05, 0) is 18.2 Å². The van der Waals surface area contributed by atoms with Gasteiger partial charge < -0.3 is 10.4 Å². The molecule has 0 bridgehead atoms. The van der Waals surface area contributed by atoms with E-state index in [4.69, 9.17) is 0 Å². The maximum Gasteiger partial charge on any atom is 0.416 e. The summed E-state index contributed by atoms with van der Waals surface area (Å²) in [6.45, 7) is 0. The van der Waals surface area contributed by atoms with Crippen molar-refractivity contribution in [1.29, 1.82) is 0 Å². The minimum atomic E-state index is -4.46. The fourth-order valence-electron chi connectivity index (χ4n) is 1.97. The van der Waals surface area contributed by atoms with Gasteiger partial charge >= 0.3 is 6.18 Å². The molecule has 106 valence electrons. The first-order valence-corrected chi connectivity index (χ1v) is 7.32. The predicted octanol–water partition coefficient (Wildman–Crippen LogP) is 1.28. The number of anilines is 1. The maximum absolute atomic E-state index is 12.5. The van der Waals surface area contributed by atoms with Gasteiger partial charge in [0.2, 0.25) is 0 Å². The van der Waals surface area contributed by atoms with Crippen molar-refractivity contribution in [1.82, 2.24) is 0 Å². The highest BCUT2D eigenvalue weighted by Crippen LogP contribution is 2.31. The summed E-state index contributed by atoms with van der Waals surface area (Å²) in [6, 6.07) is 3.65. The molecule has 1 aromatic rings. The van der Waals surface area contributed by atoms with Crippen LogP contribution in [0.3, 0.4) is 0 Å². The Labute approximate surface area is 108 Å². The van der Waals surface area contributed by atoms with Gasteiger partial charge in [-0.15, -0.1) is 0 Å². The van der Waals surface area contributed by atoms with Gasteiger partial charge in [0.15, 0.2) is 9.84 Å². The van der Waals surface area contributed by atoms with Crippen molar-refractivity contribution in [2.45, 2.75) is 18.3 Å². The van der Waals surface area contributed by atoms with E-state index in [1.54, 1.807) is 0 Å². The molecular weight excluding hydrogens is 283 g/mol. The van der Waals surface area contributed by atoms with Gasteiger partial charge in [-0.25, -0.2) is 8.42 Å². The van der Waals surface area contributed by atoms with Crippen LogP contribution in [0.15, 0.2) is 24.3 Å².